The highest BCUT2D eigenvalue weighted by atomic mass is 19.4. The van der Waals surface area contributed by atoms with Crippen LogP contribution in [0.4, 0.5) is 13.2 Å². The van der Waals surface area contributed by atoms with E-state index in [1.54, 1.807) is 0 Å². The molecule has 2 aromatic rings. The first-order valence-electron chi connectivity index (χ1n) is 4.59. The summed E-state index contributed by atoms with van der Waals surface area (Å²) in [4.78, 5) is 3.79. The van der Waals surface area contributed by atoms with E-state index in [9.17, 15) is 13.2 Å². The molecule has 0 saturated carbocycles. The summed E-state index contributed by atoms with van der Waals surface area (Å²) in [7, 11) is 5.23. The Morgan fingerprint density at radius 2 is 2.12 bits per heavy atom. The van der Waals surface area contributed by atoms with Crippen LogP contribution in [0.1, 0.15) is 5.69 Å². The standard InChI is InChI=1S/C9H6BF3N4/c10-8(14)6-1-5-2-16-17(4-9(11,12)13)7(5)3-15-6/h1-3,14H,4H2. The van der Waals surface area contributed by atoms with Crippen LogP contribution in [0.15, 0.2) is 18.5 Å². The number of rotatable bonds is 2. The van der Waals surface area contributed by atoms with Crippen molar-refractivity contribution in [2.75, 3.05) is 0 Å². The zero-order valence-electron chi connectivity index (χ0n) is 8.49. The molecule has 8 heteroatoms. The van der Waals surface area contributed by atoms with Gasteiger partial charge in [-0.15, -0.1) is 0 Å². The van der Waals surface area contributed by atoms with Gasteiger partial charge in [-0.25, -0.2) is 0 Å². The zero-order chi connectivity index (χ0) is 12.6. The van der Waals surface area contributed by atoms with E-state index in [4.69, 9.17) is 13.3 Å². The minimum Gasteiger partial charge on any atom is -0.315 e. The lowest BCUT2D eigenvalue weighted by Crippen LogP contribution is -2.18. The van der Waals surface area contributed by atoms with Gasteiger partial charge in [-0.05, 0) is 6.07 Å². The van der Waals surface area contributed by atoms with Gasteiger partial charge in [-0.2, -0.15) is 18.3 Å². The van der Waals surface area contributed by atoms with Crippen LogP contribution in [0.2, 0.25) is 0 Å². The van der Waals surface area contributed by atoms with Crippen molar-refractivity contribution in [3.8, 4) is 0 Å². The van der Waals surface area contributed by atoms with Crippen LogP contribution in [0.3, 0.4) is 0 Å². The normalized spacial score (nSPS) is 11.9. The molecule has 0 fully saturated rings. The second-order valence-corrected chi connectivity index (χ2v) is 3.46. The summed E-state index contributed by atoms with van der Waals surface area (Å²) in [5.41, 5.74) is 0.229. The Hall–Kier alpha value is -1.86. The van der Waals surface area contributed by atoms with Gasteiger partial charge in [-0.1, -0.05) is 0 Å². The summed E-state index contributed by atoms with van der Waals surface area (Å²) < 4.78 is 37.5. The first kappa shape index (κ1) is 11.6. The van der Waals surface area contributed by atoms with Crippen molar-refractivity contribution in [2.24, 2.45) is 0 Å². The molecule has 1 N–H and O–H groups in total. The molecular weight excluding hydrogens is 232 g/mol. The van der Waals surface area contributed by atoms with Crippen molar-refractivity contribution in [2.45, 2.75) is 12.7 Å². The van der Waals surface area contributed by atoms with Crippen LogP contribution in [0.5, 0.6) is 0 Å². The number of alkyl halides is 3. The molecule has 0 aliphatic carbocycles. The van der Waals surface area contributed by atoms with E-state index in [1.807, 2.05) is 0 Å². The molecule has 0 aliphatic rings. The van der Waals surface area contributed by atoms with E-state index in [0.717, 1.165) is 4.68 Å². The van der Waals surface area contributed by atoms with Crippen molar-refractivity contribution < 1.29 is 13.2 Å². The summed E-state index contributed by atoms with van der Waals surface area (Å²) in [6.07, 6.45) is -1.82. The highest BCUT2D eigenvalue weighted by Gasteiger charge is 2.29. The van der Waals surface area contributed by atoms with E-state index in [0.29, 0.717) is 5.39 Å². The molecule has 2 radical (unpaired) electrons. The zero-order valence-corrected chi connectivity index (χ0v) is 8.49. The molecular formula is C9H6BF3N4. The number of fused-ring (bicyclic) bond motifs is 1. The van der Waals surface area contributed by atoms with Gasteiger partial charge >= 0.3 is 6.18 Å². The van der Waals surface area contributed by atoms with Gasteiger partial charge in [0.25, 0.3) is 0 Å². The minimum atomic E-state index is -4.34. The molecule has 4 nitrogen and oxygen atoms in total. The number of halogens is 3. The number of nitrogens with zero attached hydrogens (tertiary/aromatic N) is 3. The predicted octanol–water partition coefficient (Wildman–Crippen LogP) is 1.49. The van der Waals surface area contributed by atoms with Gasteiger partial charge in [-0.3, -0.25) is 9.67 Å². The third-order valence-corrected chi connectivity index (χ3v) is 2.13. The highest BCUT2D eigenvalue weighted by molar-refractivity contribution is 6.63. The van der Waals surface area contributed by atoms with Gasteiger partial charge < -0.3 is 5.41 Å². The minimum absolute atomic E-state index is 0.212. The fraction of sp³-hybridized carbons (Fsp3) is 0.222. The molecule has 0 aliphatic heterocycles. The molecule has 86 valence electrons. The largest absolute Gasteiger partial charge is 0.408 e. The van der Waals surface area contributed by atoms with Crippen molar-refractivity contribution in [3.05, 3.63) is 24.2 Å². The van der Waals surface area contributed by atoms with Gasteiger partial charge in [0, 0.05) is 11.0 Å². The fourth-order valence-electron chi connectivity index (χ4n) is 1.42. The number of pyridine rings is 1. The summed E-state index contributed by atoms with van der Waals surface area (Å²) >= 11 is 0. The average molecular weight is 238 g/mol. The third kappa shape index (κ3) is 2.46. The summed E-state index contributed by atoms with van der Waals surface area (Å²) in [5.74, 6) is 0. The van der Waals surface area contributed by atoms with Gasteiger partial charge in [0.2, 0.25) is 0 Å². The first-order chi connectivity index (χ1) is 7.87. The topological polar surface area (TPSA) is 54.6 Å². The molecule has 0 unspecified atom stereocenters. The predicted molar refractivity (Wildman–Crippen MR) is 56.2 cm³/mol. The first-order valence-corrected chi connectivity index (χ1v) is 4.59. The maximum absolute atomic E-state index is 12.2. The van der Waals surface area contributed by atoms with Crippen LogP contribution in [-0.4, -0.2) is 34.4 Å². The Balaban J connectivity index is 2.45. The molecule has 2 heterocycles. The average Bonchev–Trinajstić information content (AvgIpc) is 2.58. The van der Waals surface area contributed by atoms with Crippen molar-refractivity contribution in [1.82, 2.24) is 14.8 Å². The lowest BCUT2D eigenvalue weighted by molar-refractivity contribution is -0.141. The van der Waals surface area contributed by atoms with E-state index >= 15 is 0 Å². The lowest BCUT2D eigenvalue weighted by atomic mass is 9.97. The Morgan fingerprint density at radius 1 is 1.41 bits per heavy atom. The summed E-state index contributed by atoms with van der Waals surface area (Å²) in [6.45, 7) is -1.17. The third-order valence-electron chi connectivity index (χ3n) is 2.13. The van der Waals surface area contributed by atoms with Crippen molar-refractivity contribution >= 4 is 24.4 Å². The van der Waals surface area contributed by atoms with Crippen LogP contribution < -0.4 is 0 Å². The molecule has 0 atom stereocenters. The van der Waals surface area contributed by atoms with Crippen LogP contribution in [-0.2, 0) is 6.54 Å². The van der Waals surface area contributed by atoms with Crippen molar-refractivity contribution in [3.63, 3.8) is 0 Å². The number of aromatic nitrogens is 3. The van der Waals surface area contributed by atoms with E-state index in [1.165, 1.54) is 18.5 Å². The van der Waals surface area contributed by atoms with Crippen LogP contribution in [0, 0.1) is 5.41 Å². The Morgan fingerprint density at radius 3 is 2.71 bits per heavy atom. The Bertz CT molecular complexity index is 575. The maximum Gasteiger partial charge on any atom is 0.408 e. The number of nitrogens with one attached hydrogen (secondary N) is 1. The van der Waals surface area contributed by atoms with E-state index in [2.05, 4.69) is 10.1 Å². The maximum atomic E-state index is 12.2. The Labute approximate surface area is 95.4 Å². The van der Waals surface area contributed by atoms with E-state index < -0.39 is 12.7 Å². The fourth-order valence-corrected chi connectivity index (χ4v) is 1.42. The van der Waals surface area contributed by atoms with E-state index in [-0.39, 0.29) is 16.8 Å². The molecule has 0 bridgehead atoms. The molecule has 2 aromatic heterocycles. The molecule has 0 saturated heterocycles. The highest BCUT2D eigenvalue weighted by Crippen LogP contribution is 2.21. The van der Waals surface area contributed by atoms with Crippen LogP contribution >= 0.6 is 0 Å². The second-order valence-electron chi connectivity index (χ2n) is 3.46. The lowest BCUT2D eigenvalue weighted by Gasteiger charge is -2.07. The monoisotopic (exact) mass is 238 g/mol. The second kappa shape index (κ2) is 3.87. The molecule has 2 rings (SSSR count). The number of hydrogen-bond donors (Lipinski definition) is 1. The summed E-state index contributed by atoms with van der Waals surface area (Å²) in [6, 6.07) is 1.43. The smallest absolute Gasteiger partial charge is 0.315 e. The van der Waals surface area contributed by atoms with Gasteiger partial charge in [0.15, 0.2) is 0 Å². The van der Waals surface area contributed by atoms with Crippen molar-refractivity contribution in [1.29, 1.82) is 5.41 Å². The molecule has 0 aromatic carbocycles. The van der Waals surface area contributed by atoms with Gasteiger partial charge in [0.05, 0.1) is 23.6 Å². The molecule has 0 amide bonds. The molecule has 17 heavy (non-hydrogen) atoms. The van der Waals surface area contributed by atoms with Crippen LogP contribution in [0.25, 0.3) is 10.9 Å². The van der Waals surface area contributed by atoms with Gasteiger partial charge in [0.1, 0.15) is 14.4 Å². The SMILES string of the molecule is [B]C(=N)c1cc2cnn(CC(F)(F)F)c2cn1. The summed E-state index contributed by atoms with van der Waals surface area (Å²) in [5, 5.41) is 11.3. The Kier molecular flexibility index (Phi) is 2.64. The molecule has 0 spiro atoms. The quantitative estimate of drug-likeness (QED) is 0.636. The number of hydrogen-bond acceptors (Lipinski definition) is 3.